The van der Waals surface area contributed by atoms with Crippen LogP contribution in [0.4, 0.5) is 0 Å². The molecule has 0 spiro atoms. The van der Waals surface area contributed by atoms with E-state index in [0.717, 1.165) is 6.42 Å². The molecule has 2 rings (SSSR count). The van der Waals surface area contributed by atoms with E-state index in [-0.39, 0.29) is 23.6 Å². The van der Waals surface area contributed by atoms with Crippen molar-refractivity contribution in [2.45, 2.75) is 33.2 Å². The second-order valence-corrected chi connectivity index (χ2v) is 6.53. The Hall–Kier alpha value is -2.37. The van der Waals surface area contributed by atoms with Crippen LogP contribution in [-0.2, 0) is 9.59 Å². The van der Waals surface area contributed by atoms with Gasteiger partial charge in [0, 0.05) is 38.7 Å². The first-order chi connectivity index (χ1) is 11.9. The summed E-state index contributed by atoms with van der Waals surface area (Å²) in [5, 5.41) is 2.90. The van der Waals surface area contributed by atoms with Gasteiger partial charge in [-0.3, -0.25) is 14.4 Å². The Bertz CT molecular complexity index is 610. The molecule has 2 unspecified atom stereocenters. The number of carbonyl (C=O) groups is 3. The fourth-order valence-corrected chi connectivity index (χ4v) is 2.94. The van der Waals surface area contributed by atoms with E-state index in [2.05, 4.69) is 5.32 Å². The van der Waals surface area contributed by atoms with Crippen molar-refractivity contribution in [3.8, 4) is 0 Å². The number of piperazine rings is 1. The lowest BCUT2D eigenvalue weighted by Gasteiger charge is -2.37. The molecule has 0 saturated carbocycles. The van der Waals surface area contributed by atoms with Gasteiger partial charge in [0.1, 0.15) is 6.04 Å². The number of hydrogen-bond acceptors (Lipinski definition) is 3. The quantitative estimate of drug-likeness (QED) is 0.880. The molecule has 6 heteroatoms. The third-order valence-electron chi connectivity index (χ3n) is 4.84. The van der Waals surface area contributed by atoms with Crippen molar-refractivity contribution < 1.29 is 14.4 Å². The molecule has 136 valence electrons. The van der Waals surface area contributed by atoms with Crippen molar-refractivity contribution in [2.75, 3.05) is 26.2 Å². The number of hydrogen-bond donors (Lipinski definition) is 1. The van der Waals surface area contributed by atoms with Crippen molar-refractivity contribution in [3.63, 3.8) is 0 Å². The zero-order chi connectivity index (χ0) is 18.4. The topological polar surface area (TPSA) is 69.7 Å². The van der Waals surface area contributed by atoms with Gasteiger partial charge in [0.15, 0.2) is 0 Å². The number of benzene rings is 1. The molecule has 25 heavy (non-hydrogen) atoms. The molecule has 1 aromatic carbocycles. The molecule has 0 aromatic heterocycles. The highest BCUT2D eigenvalue weighted by molar-refractivity contribution is 5.97. The van der Waals surface area contributed by atoms with Crippen LogP contribution in [0.3, 0.4) is 0 Å². The van der Waals surface area contributed by atoms with E-state index in [1.807, 2.05) is 19.9 Å². The van der Waals surface area contributed by atoms with Gasteiger partial charge in [-0.05, 0) is 18.1 Å². The molecule has 0 aliphatic carbocycles. The predicted molar refractivity (Wildman–Crippen MR) is 96.0 cm³/mol. The van der Waals surface area contributed by atoms with E-state index < -0.39 is 6.04 Å². The van der Waals surface area contributed by atoms with Gasteiger partial charge in [0.2, 0.25) is 11.8 Å². The summed E-state index contributed by atoms with van der Waals surface area (Å²) in [7, 11) is 0. The van der Waals surface area contributed by atoms with E-state index in [1.54, 1.807) is 41.0 Å². The minimum absolute atomic E-state index is 0.0305. The van der Waals surface area contributed by atoms with E-state index in [9.17, 15) is 14.4 Å². The van der Waals surface area contributed by atoms with Crippen LogP contribution in [-0.4, -0.2) is 59.7 Å². The third-order valence-corrected chi connectivity index (χ3v) is 4.84. The Morgan fingerprint density at radius 3 is 2.12 bits per heavy atom. The first-order valence-corrected chi connectivity index (χ1v) is 8.84. The summed E-state index contributed by atoms with van der Waals surface area (Å²) in [4.78, 5) is 40.3. The molecular formula is C19H27N3O3. The molecule has 0 bridgehead atoms. The first kappa shape index (κ1) is 19.0. The summed E-state index contributed by atoms with van der Waals surface area (Å²) in [6, 6.07) is 8.37. The minimum Gasteiger partial charge on any atom is -0.340 e. The van der Waals surface area contributed by atoms with Crippen molar-refractivity contribution in [1.29, 1.82) is 0 Å². The molecule has 0 radical (unpaired) electrons. The maximum atomic E-state index is 12.9. The van der Waals surface area contributed by atoms with Gasteiger partial charge in [-0.2, -0.15) is 0 Å². The molecule has 1 aromatic rings. The van der Waals surface area contributed by atoms with Crippen LogP contribution in [0, 0.1) is 5.92 Å². The normalized spacial score (nSPS) is 16.9. The Morgan fingerprint density at radius 1 is 1.04 bits per heavy atom. The van der Waals surface area contributed by atoms with Crippen molar-refractivity contribution in [2.24, 2.45) is 5.92 Å². The van der Waals surface area contributed by atoms with Crippen LogP contribution in [0.15, 0.2) is 30.3 Å². The van der Waals surface area contributed by atoms with Gasteiger partial charge in [-0.1, -0.05) is 38.5 Å². The monoisotopic (exact) mass is 345 g/mol. The van der Waals surface area contributed by atoms with Crippen LogP contribution < -0.4 is 5.32 Å². The van der Waals surface area contributed by atoms with Crippen LogP contribution in [0.25, 0.3) is 0 Å². The zero-order valence-corrected chi connectivity index (χ0v) is 15.2. The summed E-state index contributed by atoms with van der Waals surface area (Å²) in [6.07, 6.45) is 0.791. The Balaban J connectivity index is 2.05. The number of carbonyl (C=O) groups excluding carboxylic acids is 3. The molecule has 3 amide bonds. The van der Waals surface area contributed by atoms with Crippen LogP contribution in [0.5, 0.6) is 0 Å². The van der Waals surface area contributed by atoms with Gasteiger partial charge in [0.05, 0.1) is 0 Å². The van der Waals surface area contributed by atoms with Gasteiger partial charge < -0.3 is 15.1 Å². The molecule has 1 saturated heterocycles. The first-order valence-electron chi connectivity index (χ1n) is 8.84. The lowest BCUT2D eigenvalue weighted by molar-refractivity contribution is -0.140. The Kier molecular flexibility index (Phi) is 6.56. The van der Waals surface area contributed by atoms with E-state index in [0.29, 0.717) is 31.7 Å². The summed E-state index contributed by atoms with van der Waals surface area (Å²) in [5.74, 6) is -0.239. The molecule has 1 N–H and O–H groups in total. The molecule has 6 nitrogen and oxygen atoms in total. The number of nitrogens with zero attached hydrogens (tertiary/aromatic N) is 2. The molecule has 1 heterocycles. The van der Waals surface area contributed by atoms with Crippen LogP contribution in [0.1, 0.15) is 37.6 Å². The molecule has 1 fully saturated rings. The van der Waals surface area contributed by atoms with E-state index in [1.165, 1.54) is 0 Å². The molecule has 1 aliphatic rings. The molecule has 2 atom stereocenters. The third kappa shape index (κ3) is 4.81. The van der Waals surface area contributed by atoms with Gasteiger partial charge in [-0.15, -0.1) is 0 Å². The van der Waals surface area contributed by atoms with E-state index >= 15 is 0 Å². The fourth-order valence-electron chi connectivity index (χ4n) is 2.94. The lowest BCUT2D eigenvalue weighted by atomic mass is 9.97. The standard InChI is InChI=1S/C19H27N3O3/c1-4-14(2)17(20-18(24)16-8-6-5-7-9-16)19(25)22-12-10-21(11-13-22)15(3)23/h5-9,14,17H,4,10-13H2,1-3H3,(H,20,24). The maximum absolute atomic E-state index is 12.9. The second kappa shape index (κ2) is 8.65. The van der Waals surface area contributed by atoms with Crippen molar-refractivity contribution in [3.05, 3.63) is 35.9 Å². The predicted octanol–water partition coefficient (Wildman–Crippen LogP) is 1.52. The average Bonchev–Trinajstić information content (AvgIpc) is 2.65. The Labute approximate surface area is 149 Å². The average molecular weight is 345 g/mol. The molecular weight excluding hydrogens is 318 g/mol. The maximum Gasteiger partial charge on any atom is 0.251 e. The number of rotatable bonds is 5. The minimum atomic E-state index is -0.554. The summed E-state index contributed by atoms with van der Waals surface area (Å²) >= 11 is 0. The zero-order valence-electron chi connectivity index (χ0n) is 15.2. The highest BCUT2D eigenvalue weighted by atomic mass is 16.2. The summed E-state index contributed by atoms with van der Waals surface area (Å²) in [5.41, 5.74) is 0.546. The van der Waals surface area contributed by atoms with Crippen LogP contribution >= 0.6 is 0 Å². The Morgan fingerprint density at radius 2 is 1.60 bits per heavy atom. The van der Waals surface area contributed by atoms with Crippen molar-refractivity contribution >= 4 is 17.7 Å². The lowest BCUT2D eigenvalue weighted by Crippen LogP contribution is -2.57. The van der Waals surface area contributed by atoms with Crippen LogP contribution in [0.2, 0.25) is 0 Å². The number of nitrogens with one attached hydrogen (secondary N) is 1. The van der Waals surface area contributed by atoms with E-state index in [4.69, 9.17) is 0 Å². The largest absolute Gasteiger partial charge is 0.340 e. The highest BCUT2D eigenvalue weighted by Crippen LogP contribution is 2.14. The van der Waals surface area contributed by atoms with Gasteiger partial charge >= 0.3 is 0 Å². The highest BCUT2D eigenvalue weighted by Gasteiger charge is 2.32. The summed E-state index contributed by atoms with van der Waals surface area (Å²) < 4.78 is 0. The van der Waals surface area contributed by atoms with Gasteiger partial charge in [-0.25, -0.2) is 0 Å². The fraction of sp³-hybridized carbons (Fsp3) is 0.526. The summed E-state index contributed by atoms with van der Waals surface area (Å²) in [6.45, 7) is 7.62. The van der Waals surface area contributed by atoms with Gasteiger partial charge in [0.25, 0.3) is 5.91 Å². The molecule has 1 aliphatic heterocycles. The second-order valence-electron chi connectivity index (χ2n) is 6.53. The number of amides is 3. The van der Waals surface area contributed by atoms with Crippen molar-refractivity contribution in [1.82, 2.24) is 15.1 Å². The SMILES string of the molecule is CCC(C)C(NC(=O)c1ccccc1)C(=O)N1CCN(C(C)=O)CC1. The smallest absolute Gasteiger partial charge is 0.251 e.